The third-order valence-electron chi connectivity index (χ3n) is 3.59. The number of sulfonamides is 1. The molecule has 1 aromatic rings. The lowest BCUT2D eigenvalue weighted by Crippen LogP contribution is -2.39. The Bertz CT molecular complexity index is 573. The summed E-state index contributed by atoms with van der Waals surface area (Å²) in [6.45, 7) is 4.00. The van der Waals surface area contributed by atoms with Crippen LogP contribution < -0.4 is 10.5 Å². The van der Waals surface area contributed by atoms with Gasteiger partial charge in [-0.2, -0.15) is 11.8 Å². The Balaban J connectivity index is 2.18. The first-order chi connectivity index (χ1) is 9.44. The van der Waals surface area contributed by atoms with Gasteiger partial charge in [0.1, 0.15) is 4.90 Å². The Hall–Kier alpha value is -0.720. The van der Waals surface area contributed by atoms with E-state index in [2.05, 4.69) is 11.6 Å². The van der Waals surface area contributed by atoms with Gasteiger partial charge in [0.2, 0.25) is 10.0 Å². The molecule has 1 aliphatic carbocycles. The molecule has 1 aliphatic rings. The number of hydrogen-bond donors (Lipinski definition) is 2. The van der Waals surface area contributed by atoms with Gasteiger partial charge < -0.3 is 5.73 Å². The SMILES string of the molecule is CCSC1CCCC1NS(=O)(=O)c1ccc(C)cc1N. The molecule has 2 unspecified atom stereocenters. The number of nitrogens with two attached hydrogens (primary N) is 1. The molecule has 1 fully saturated rings. The summed E-state index contributed by atoms with van der Waals surface area (Å²) in [6, 6.07) is 5.08. The highest BCUT2D eigenvalue weighted by molar-refractivity contribution is 8.00. The molecule has 0 aromatic heterocycles. The molecule has 1 aromatic carbocycles. The van der Waals surface area contributed by atoms with E-state index in [0.717, 1.165) is 30.6 Å². The Morgan fingerprint density at radius 2 is 2.15 bits per heavy atom. The van der Waals surface area contributed by atoms with Crippen molar-refractivity contribution in [3.8, 4) is 0 Å². The fraction of sp³-hybridized carbons (Fsp3) is 0.571. The van der Waals surface area contributed by atoms with E-state index >= 15 is 0 Å². The van der Waals surface area contributed by atoms with Gasteiger partial charge in [-0.1, -0.05) is 19.4 Å². The van der Waals surface area contributed by atoms with Gasteiger partial charge in [-0.05, 0) is 43.2 Å². The molecule has 0 saturated heterocycles. The topological polar surface area (TPSA) is 72.2 Å². The Labute approximate surface area is 125 Å². The van der Waals surface area contributed by atoms with Crippen LogP contribution in [0.25, 0.3) is 0 Å². The predicted molar refractivity (Wildman–Crippen MR) is 85.5 cm³/mol. The first-order valence-electron chi connectivity index (χ1n) is 6.94. The van der Waals surface area contributed by atoms with Crippen LogP contribution in [-0.2, 0) is 10.0 Å². The molecule has 6 heteroatoms. The van der Waals surface area contributed by atoms with Gasteiger partial charge in [-0.15, -0.1) is 0 Å². The number of thioether (sulfide) groups is 1. The fourth-order valence-corrected chi connectivity index (χ4v) is 5.36. The van der Waals surface area contributed by atoms with Crippen LogP contribution in [0.3, 0.4) is 0 Å². The van der Waals surface area contributed by atoms with Crippen molar-refractivity contribution in [3.05, 3.63) is 23.8 Å². The van der Waals surface area contributed by atoms with Crippen molar-refractivity contribution in [2.75, 3.05) is 11.5 Å². The summed E-state index contributed by atoms with van der Waals surface area (Å²) in [6.07, 6.45) is 3.06. The quantitative estimate of drug-likeness (QED) is 0.819. The predicted octanol–water partition coefficient (Wildman–Crippen LogP) is 2.53. The van der Waals surface area contributed by atoms with Gasteiger partial charge in [-0.25, -0.2) is 13.1 Å². The van der Waals surface area contributed by atoms with Crippen molar-refractivity contribution >= 4 is 27.5 Å². The molecular weight excluding hydrogens is 292 g/mol. The van der Waals surface area contributed by atoms with E-state index in [9.17, 15) is 8.42 Å². The molecule has 2 atom stereocenters. The fourth-order valence-electron chi connectivity index (χ4n) is 2.65. The molecule has 1 saturated carbocycles. The average molecular weight is 314 g/mol. The molecule has 0 bridgehead atoms. The number of nitrogens with one attached hydrogen (secondary N) is 1. The number of nitrogen functional groups attached to an aromatic ring is 1. The molecule has 0 spiro atoms. The number of rotatable bonds is 5. The van der Waals surface area contributed by atoms with Crippen molar-refractivity contribution < 1.29 is 8.42 Å². The van der Waals surface area contributed by atoms with Crippen molar-refractivity contribution in [3.63, 3.8) is 0 Å². The van der Waals surface area contributed by atoms with Crippen LogP contribution in [0, 0.1) is 6.92 Å². The molecule has 20 heavy (non-hydrogen) atoms. The van der Waals surface area contributed by atoms with Gasteiger partial charge in [-0.3, -0.25) is 0 Å². The maximum absolute atomic E-state index is 12.5. The lowest BCUT2D eigenvalue weighted by Gasteiger charge is -2.20. The lowest BCUT2D eigenvalue weighted by atomic mass is 10.2. The number of aryl methyl sites for hydroxylation is 1. The second kappa shape index (κ2) is 6.37. The second-order valence-corrected chi connectivity index (χ2v) is 8.39. The molecule has 0 amide bonds. The molecule has 0 radical (unpaired) electrons. The minimum Gasteiger partial charge on any atom is -0.398 e. The van der Waals surface area contributed by atoms with E-state index in [1.165, 1.54) is 0 Å². The zero-order chi connectivity index (χ0) is 14.8. The van der Waals surface area contributed by atoms with Crippen LogP contribution in [0.2, 0.25) is 0 Å². The number of hydrogen-bond acceptors (Lipinski definition) is 4. The Morgan fingerprint density at radius 1 is 1.40 bits per heavy atom. The van der Waals surface area contributed by atoms with Gasteiger partial charge >= 0.3 is 0 Å². The van der Waals surface area contributed by atoms with Crippen LogP contribution in [-0.4, -0.2) is 25.5 Å². The van der Waals surface area contributed by atoms with E-state index in [4.69, 9.17) is 5.73 Å². The monoisotopic (exact) mass is 314 g/mol. The van der Waals surface area contributed by atoms with E-state index in [-0.39, 0.29) is 10.9 Å². The normalized spacial score (nSPS) is 23.1. The van der Waals surface area contributed by atoms with Gasteiger partial charge in [0, 0.05) is 11.3 Å². The zero-order valence-corrected chi connectivity index (χ0v) is 13.6. The molecule has 0 aliphatic heterocycles. The third-order valence-corrected chi connectivity index (χ3v) is 6.48. The van der Waals surface area contributed by atoms with Crippen LogP contribution in [0.4, 0.5) is 5.69 Å². The summed E-state index contributed by atoms with van der Waals surface area (Å²) in [5.41, 5.74) is 7.13. The summed E-state index contributed by atoms with van der Waals surface area (Å²) in [5, 5.41) is 0.376. The highest BCUT2D eigenvalue weighted by Gasteiger charge is 2.31. The van der Waals surface area contributed by atoms with E-state index in [0.29, 0.717) is 10.9 Å². The van der Waals surface area contributed by atoms with E-state index < -0.39 is 10.0 Å². The highest BCUT2D eigenvalue weighted by atomic mass is 32.2. The van der Waals surface area contributed by atoms with Crippen molar-refractivity contribution in [1.82, 2.24) is 4.72 Å². The average Bonchev–Trinajstić information content (AvgIpc) is 2.76. The van der Waals surface area contributed by atoms with Crippen LogP contribution in [0.5, 0.6) is 0 Å². The van der Waals surface area contributed by atoms with Crippen molar-refractivity contribution in [2.45, 2.75) is 49.3 Å². The molecule has 4 nitrogen and oxygen atoms in total. The summed E-state index contributed by atoms with van der Waals surface area (Å²) < 4.78 is 27.8. The minimum absolute atomic E-state index is 0.0191. The van der Waals surface area contributed by atoms with Crippen molar-refractivity contribution in [1.29, 1.82) is 0 Å². The summed E-state index contributed by atoms with van der Waals surface area (Å²) in [7, 11) is -3.53. The van der Waals surface area contributed by atoms with Crippen LogP contribution in [0.1, 0.15) is 31.7 Å². The largest absolute Gasteiger partial charge is 0.398 e. The van der Waals surface area contributed by atoms with E-state index in [1.54, 1.807) is 18.2 Å². The molecule has 0 heterocycles. The van der Waals surface area contributed by atoms with Gasteiger partial charge in [0.25, 0.3) is 0 Å². The van der Waals surface area contributed by atoms with Gasteiger partial charge in [0.15, 0.2) is 0 Å². The molecule has 2 rings (SSSR count). The third kappa shape index (κ3) is 3.48. The Morgan fingerprint density at radius 3 is 2.80 bits per heavy atom. The second-order valence-electron chi connectivity index (χ2n) is 5.19. The highest BCUT2D eigenvalue weighted by Crippen LogP contribution is 2.31. The Kier molecular flexibility index (Phi) is 4.99. The summed E-state index contributed by atoms with van der Waals surface area (Å²) in [5.74, 6) is 1.01. The molecule has 112 valence electrons. The summed E-state index contributed by atoms with van der Waals surface area (Å²) in [4.78, 5) is 0.190. The van der Waals surface area contributed by atoms with E-state index in [1.807, 2.05) is 18.7 Å². The number of benzene rings is 1. The standard InChI is InChI=1S/C14H22N2O2S2/c1-3-19-13-6-4-5-12(13)16-20(17,18)14-8-7-10(2)9-11(14)15/h7-9,12-13,16H,3-6,15H2,1-2H3. The first kappa shape index (κ1) is 15.7. The van der Waals surface area contributed by atoms with Crippen LogP contribution >= 0.6 is 11.8 Å². The first-order valence-corrected chi connectivity index (χ1v) is 9.47. The zero-order valence-electron chi connectivity index (χ0n) is 11.9. The maximum atomic E-state index is 12.5. The summed E-state index contributed by atoms with van der Waals surface area (Å²) >= 11 is 1.83. The van der Waals surface area contributed by atoms with Gasteiger partial charge in [0.05, 0.1) is 5.69 Å². The van der Waals surface area contributed by atoms with Crippen molar-refractivity contribution in [2.24, 2.45) is 0 Å². The minimum atomic E-state index is -3.53. The smallest absolute Gasteiger partial charge is 0.242 e. The maximum Gasteiger partial charge on any atom is 0.242 e. The van der Waals surface area contributed by atoms with Crippen LogP contribution in [0.15, 0.2) is 23.1 Å². The lowest BCUT2D eigenvalue weighted by molar-refractivity contribution is 0.555. The molecule has 3 N–H and O–H groups in total. The molecular formula is C14H22N2O2S2. The number of anilines is 1.